The van der Waals surface area contributed by atoms with Gasteiger partial charge in [0.05, 0.1) is 25.8 Å². The van der Waals surface area contributed by atoms with Crippen molar-refractivity contribution in [1.82, 2.24) is 10.3 Å². The topological polar surface area (TPSA) is 60.5 Å². The summed E-state index contributed by atoms with van der Waals surface area (Å²) in [4.78, 5) is 17.4. The SMILES string of the molecule is COc1cccc(-c2nc(C(=O)N[C@@H](c3ccccc3)C3CC3)cs2)c1OC. The van der Waals surface area contributed by atoms with Crippen molar-refractivity contribution in [3.8, 4) is 22.1 Å². The number of benzene rings is 2. The van der Waals surface area contributed by atoms with Crippen LogP contribution in [-0.2, 0) is 0 Å². The van der Waals surface area contributed by atoms with Gasteiger partial charge in [-0.25, -0.2) is 4.98 Å². The number of nitrogens with one attached hydrogen (secondary N) is 1. The van der Waals surface area contributed by atoms with E-state index in [1.54, 1.807) is 19.6 Å². The zero-order valence-corrected chi connectivity index (χ0v) is 16.7. The first-order valence-corrected chi connectivity index (χ1v) is 10.1. The molecule has 3 aromatic rings. The van der Waals surface area contributed by atoms with Crippen LogP contribution in [0.4, 0.5) is 0 Å². The van der Waals surface area contributed by atoms with Gasteiger partial charge in [-0.05, 0) is 36.5 Å². The third-order valence-electron chi connectivity index (χ3n) is 4.91. The molecule has 1 amide bonds. The Labute approximate surface area is 168 Å². The van der Waals surface area contributed by atoms with Crippen LogP contribution in [0.15, 0.2) is 53.9 Å². The molecule has 144 valence electrons. The van der Waals surface area contributed by atoms with Crippen LogP contribution in [0.1, 0.15) is 34.9 Å². The van der Waals surface area contributed by atoms with Crippen molar-refractivity contribution in [3.63, 3.8) is 0 Å². The zero-order valence-electron chi connectivity index (χ0n) is 15.8. The number of carbonyl (C=O) groups is 1. The number of thiazole rings is 1. The Hall–Kier alpha value is -2.86. The highest BCUT2D eigenvalue weighted by Gasteiger charge is 2.33. The molecular weight excluding hydrogens is 372 g/mol. The Morgan fingerprint density at radius 3 is 2.57 bits per heavy atom. The van der Waals surface area contributed by atoms with Crippen molar-refractivity contribution in [3.05, 3.63) is 65.2 Å². The van der Waals surface area contributed by atoms with E-state index >= 15 is 0 Å². The molecule has 2 aromatic carbocycles. The van der Waals surface area contributed by atoms with E-state index in [2.05, 4.69) is 22.4 Å². The second-order valence-corrected chi connectivity index (χ2v) is 7.64. The third kappa shape index (κ3) is 3.73. The molecule has 0 unspecified atom stereocenters. The molecule has 0 radical (unpaired) electrons. The summed E-state index contributed by atoms with van der Waals surface area (Å²) >= 11 is 1.42. The monoisotopic (exact) mass is 394 g/mol. The van der Waals surface area contributed by atoms with Gasteiger partial charge in [0.15, 0.2) is 11.5 Å². The Morgan fingerprint density at radius 2 is 1.89 bits per heavy atom. The van der Waals surface area contributed by atoms with Crippen LogP contribution < -0.4 is 14.8 Å². The molecule has 1 aromatic heterocycles. The first-order valence-electron chi connectivity index (χ1n) is 9.24. The first kappa shape index (κ1) is 18.5. The van der Waals surface area contributed by atoms with Crippen molar-refractivity contribution in [2.75, 3.05) is 14.2 Å². The summed E-state index contributed by atoms with van der Waals surface area (Å²) < 4.78 is 10.9. The second-order valence-electron chi connectivity index (χ2n) is 6.78. The molecule has 1 aliphatic rings. The largest absolute Gasteiger partial charge is 0.493 e. The van der Waals surface area contributed by atoms with Crippen LogP contribution in [0, 0.1) is 5.92 Å². The lowest BCUT2D eigenvalue weighted by Gasteiger charge is -2.18. The molecule has 1 fully saturated rings. The number of nitrogens with zero attached hydrogens (tertiary/aromatic N) is 1. The first-order chi connectivity index (χ1) is 13.7. The minimum Gasteiger partial charge on any atom is -0.493 e. The van der Waals surface area contributed by atoms with Crippen molar-refractivity contribution < 1.29 is 14.3 Å². The van der Waals surface area contributed by atoms with Crippen molar-refractivity contribution in [1.29, 1.82) is 0 Å². The maximum Gasteiger partial charge on any atom is 0.271 e. The van der Waals surface area contributed by atoms with E-state index in [1.807, 2.05) is 36.4 Å². The summed E-state index contributed by atoms with van der Waals surface area (Å²) in [5, 5.41) is 5.69. The van der Waals surface area contributed by atoms with E-state index < -0.39 is 0 Å². The molecule has 1 heterocycles. The zero-order chi connectivity index (χ0) is 19.5. The number of amides is 1. The van der Waals surface area contributed by atoms with Crippen LogP contribution in [0.3, 0.4) is 0 Å². The number of aromatic nitrogens is 1. The van der Waals surface area contributed by atoms with Gasteiger partial charge in [0.2, 0.25) is 0 Å². The molecule has 0 aliphatic heterocycles. The summed E-state index contributed by atoms with van der Waals surface area (Å²) in [6, 6.07) is 15.8. The number of ether oxygens (including phenoxy) is 2. The molecule has 6 heteroatoms. The van der Waals surface area contributed by atoms with Crippen LogP contribution in [0.5, 0.6) is 11.5 Å². The van der Waals surface area contributed by atoms with E-state index in [-0.39, 0.29) is 11.9 Å². The van der Waals surface area contributed by atoms with Gasteiger partial charge in [-0.3, -0.25) is 4.79 Å². The Bertz CT molecular complexity index is 967. The van der Waals surface area contributed by atoms with E-state index in [0.29, 0.717) is 23.1 Å². The van der Waals surface area contributed by atoms with E-state index in [1.165, 1.54) is 11.3 Å². The minimum atomic E-state index is -0.148. The Kier molecular flexibility index (Phi) is 5.30. The van der Waals surface area contributed by atoms with Gasteiger partial charge in [0.1, 0.15) is 10.7 Å². The maximum atomic E-state index is 12.9. The van der Waals surface area contributed by atoms with E-state index in [4.69, 9.17) is 9.47 Å². The summed E-state index contributed by atoms with van der Waals surface area (Å²) in [5.41, 5.74) is 2.38. The highest BCUT2D eigenvalue weighted by Crippen LogP contribution is 2.41. The number of para-hydroxylation sites is 1. The molecule has 28 heavy (non-hydrogen) atoms. The molecule has 1 N–H and O–H groups in total. The lowest BCUT2D eigenvalue weighted by Crippen LogP contribution is -2.30. The summed E-state index contributed by atoms with van der Waals surface area (Å²) in [6.07, 6.45) is 2.28. The number of methoxy groups -OCH3 is 2. The van der Waals surface area contributed by atoms with Crippen LogP contribution in [0.2, 0.25) is 0 Å². The van der Waals surface area contributed by atoms with Gasteiger partial charge in [-0.2, -0.15) is 0 Å². The molecule has 0 saturated heterocycles. The lowest BCUT2D eigenvalue weighted by molar-refractivity contribution is 0.0927. The smallest absolute Gasteiger partial charge is 0.271 e. The molecule has 1 aliphatic carbocycles. The fraction of sp³-hybridized carbons (Fsp3) is 0.273. The summed E-state index contributed by atoms with van der Waals surface area (Å²) in [6.45, 7) is 0. The quantitative estimate of drug-likeness (QED) is 0.631. The lowest BCUT2D eigenvalue weighted by atomic mass is 10.0. The predicted molar refractivity (Wildman–Crippen MR) is 110 cm³/mol. The highest BCUT2D eigenvalue weighted by molar-refractivity contribution is 7.13. The van der Waals surface area contributed by atoms with E-state index in [9.17, 15) is 4.79 Å². The van der Waals surface area contributed by atoms with Crippen LogP contribution in [0.25, 0.3) is 10.6 Å². The number of carbonyl (C=O) groups excluding carboxylic acids is 1. The van der Waals surface area contributed by atoms with Gasteiger partial charge in [-0.15, -0.1) is 11.3 Å². The fourth-order valence-electron chi connectivity index (χ4n) is 3.34. The number of hydrogen-bond donors (Lipinski definition) is 1. The molecule has 0 spiro atoms. The minimum absolute atomic E-state index is 0.0326. The van der Waals surface area contributed by atoms with Crippen molar-refractivity contribution in [2.45, 2.75) is 18.9 Å². The number of rotatable bonds is 7. The van der Waals surface area contributed by atoms with Gasteiger partial charge in [0, 0.05) is 5.38 Å². The van der Waals surface area contributed by atoms with E-state index in [0.717, 1.165) is 29.0 Å². The van der Waals surface area contributed by atoms with Crippen molar-refractivity contribution in [2.24, 2.45) is 5.92 Å². The summed E-state index contributed by atoms with van der Waals surface area (Å²) in [7, 11) is 3.20. The Morgan fingerprint density at radius 1 is 1.11 bits per heavy atom. The molecule has 1 saturated carbocycles. The van der Waals surface area contributed by atoms with Gasteiger partial charge in [0.25, 0.3) is 5.91 Å². The molecule has 5 nitrogen and oxygen atoms in total. The van der Waals surface area contributed by atoms with Crippen LogP contribution >= 0.6 is 11.3 Å². The second kappa shape index (κ2) is 8.02. The van der Waals surface area contributed by atoms with Crippen LogP contribution in [-0.4, -0.2) is 25.1 Å². The standard InChI is InChI=1S/C22H22N2O3S/c1-26-18-10-6-9-16(20(18)27-2)22-23-17(13-28-22)21(25)24-19(15-11-12-15)14-7-4-3-5-8-14/h3-10,13,15,19H,11-12H2,1-2H3,(H,24,25)/t19-/m0/s1. The summed E-state index contributed by atoms with van der Waals surface area (Å²) in [5.74, 6) is 1.61. The molecule has 1 atom stereocenters. The molecule has 4 rings (SSSR count). The van der Waals surface area contributed by atoms with Gasteiger partial charge < -0.3 is 14.8 Å². The average Bonchev–Trinajstić information content (AvgIpc) is 3.46. The van der Waals surface area contributed by atoms with Gasteiger partial charge in [-0.1, -0.05) is 36.4 Å². The molecule has 0 bridgehead atoms. The normalized spacial score (nSPS) is 14.4. The number of hydrogen-bond acceptors (Lipinski definition) is 5. The van der Waals surface area contributed by atoms with Crippen molar-refractivity contribution >= 4 is 17.2 Å². The highest BCUT2D eigenvalue weighted by atomic mass is 32.1. The maximum absolute atomic E-state index is 12.9. The molecular formula is C22H22N2O3S. The third-order valence-corrected chi connectivity index (χ3v) is 5.78. The average molecular weight is 394 g/mol. The van der Waals surface area contributed by atoms with Gasteiger partial charge >= 0.3 is 0 Å². The fourth-order valence-corrected chi connectivity index (χ4v) is 4.16. The Balaban J connectivity index is 1.57. The predicted octanol–water partition coefficient (Wildman–Crippen LogP) is 4.71.